The van der Waals surface area contributed by atoms with Crippen LogP contribution in [0.15, 0.2) is 97.2 Å². The quantitative estimate of drug-likeness (QED) is 0.0262. The van der Waals surface area contributed by atoms with E-state index in [4.69, 9.17) is 14.2 Å². The van der Waals surface area contributed by atoms with E-state index in [2.05, 4.69) is 118 Å². The molecule has 0 saturated carbocycles. The molecule has 67 heavy (non-hydrogen) atoms. The fraction of sp³-hybridized carbons (Fsp3) is 0.689. The fourth-order valence-corrected chi connectivity index (χ4v) is 7.42. The average molecular weight is 931 g/mol. The molecule has 1 unspecified atom stereocenters. The molecule has 0 aliphatic rings. The van der Waals surface area contributed by atoms with Crippen LogP contribution in [0.4, 0.5) is 0 Å². The van der Waals surface area contributed by atoms with Gasteiger partial charge in [0.25, 0.3) is 0 Å². The molecule has 0 heterocycles. The molecule has 1 atom stereocenters. The van der Waals surface area contributed by atoms with Gasteiger partial charge in [-0.3, -0.25) is 14.4 Å². The highest BCUT2D eigenvalue weighted by Gasteiger charge is 2.19. The Hall–Kier alpha value is -3.67. The highest BCUT2D eigenvalue weighted by Crippen LogP contribution is 2.14. The molecule has 0 fully saturated rings. The molecular formula is C61H102O6. The maximum absolute atomic E-state index is 12.7. The summed E-state index contributed by atoms with van der Waals surface area (Å²) in [6.45, 7) is 6.41. The molecular weight excluding hydrogens is 829 g/mol. The van der Waals surface area contributed by atoms with Gasteiger partial charge in [0.15, 0.2) is 6.10 Å². The summed E-state index contributed by atoms with van der Waals surface area (Å²) < 4.78 is 16.7. The normalized spacial score (nSPS) is 12.8. The predicted octanol–water partition coefficient (Wildman–Crippen LogP) is 18.5. The van der Waals surface area contributed by atoms with E-state index < -0.39 is 6.10 Å². The summed E-state index contributed by atoms with van der Waals surface area (Å²) in [5, 5.41) is 0. The third-order valence-corrected chi connectivity index (χ3v) is 11.6. The van der Waals surface area contributed by atoms with Gasteiger partial charge < -0.3 is 14.2 Å². The summed E-state index contributed by atoms with van der Waals surface area (Å²) >= 11 is 0. The standard InChI is InChI=1S/C61H102O6/c1-4-7-10-13-15-17-19-21-23-24-25-26-27-28-29-30-31-32-33-34-35-36-38-39-41-43-45-48-51-54-60(63)66-57-58(56-65-59(62)53-50-47-12-9-6-3)67-61(64)55-52-49-46-44-42-40-37-22-20-18-16-14-11-8-5-2/h7,10,15,17,21-23,25-26,28-29,31-32,34-35,37,58H,4-6,8-9,11-14,16,18-20,24,27,30,33,36,38-57H2,1-3H3/b10-7-,17-15-,23-21-,26-25-,29-28-,32-31-,35-34-,37-22-. The van der Waals surface area contributed by atoms with Crippen LogP contribution in [0.2, 0.25) is 0 Å². The van der Waals surface area contributed by atoms with Gasteiger partial charge in [-0.05, 0) is 103 Å². The molecule has 0 aromatic heterocycles. The first-order valence-corrected chi connectivity index (χ1v) is 27.7. The molecule has 0 bridgehead atoms. The van der Waals surface area contributed by atoms with Crippen molar-refractivity contribution in [3.05, 3.63) is 97.2 Å². The van der Waals surface area contributed by atoms with Crippen LogP contribution in [-0.2, 0) is 28.6 Å². The molecule has 0 amide bonds. The summed E-state index contributed by atoms with van der Waals surface area (Å²) in [5.74, 6) is -0.919. The van der Waals surface area contributed by atoms with Crippen molar-refractivity contribution in [3.63, 3.8) is 0 Å². The minimum atomic E-state index is -0.782. The second-order valence-electron chi connectivity index (χ2n) is 18.1. The molecule has 0 aliphatic carbocycles. The van der Waals surface area contributed by atoms with E-state index in [9.17, 15) is 14.4 Å². The van der Waals surface area contributed by atoms with Crippen LogP contribution >= 0.6 is 0 Å². The van der Waals surface area contributed by atoms with Crippen LogP contribution in [0.5, 0.6) is 0 Å². The van der Waals surface area contributed by atoms with Crippen molar-refractivity contribution < 1.29 is 28.6 Å². The largest absolute Gasteiger partial charge is 0.462 e. The van der Waals surface area contributed by atoms with Gasteiger partial charge in [0.05, 0.1) is 0 Å². The first-order valence-electron chi connectivity index (χ1n) is 27.7. The van der Waals surface area contributed by atoms with Crippen LogP contribution in [-0.4, -0.2) is 37.2 Å². The zero-order valence-electron chi connectivity index (χ0n) is 43.6. The first kappa shape index (κ1) is 63.3. The van der Waals surface area contributed by atoms with Gasteiger partial charge in [0, 0.05) is 19.3 Å². The summed E-state index contributed by atoms with van der Waals surface area (Å²) in [6, 6.07) is 0. The molecule has 0 saturated heterocycles. The maximum Gasteiger partial charge on any atom is 0.306 e. The van der Waals surface area contributed by atoms with Crippen molar-refractivity contribution in [1.82, 2.24) is 0 Å². The second-order valence-corrected chi connectivity index (χ2v) is 18.1. The second kappa shape index (κ2) is 54.9. The smallest absolute Gasteiger partial charge is 0.306 e. The van der Waals surface area contributed by atoms with Crippen molar-refractivity contribution in [2.24, 2.45) is 0 Å². The van der Waals surface area contributed by atoms with E-state index in [0.717, 1.165) is 128 Å². The van der Waals surface area contributed by atoms with Crippen molar-refractivity contribution in [2.45, 2.75) is 258 Å². The molecule has 0 rings (SSSR count). The Kier molecular flexibility index (Phi) is 51.9. The molecule has 0 N–H and O–H groups in total. The number of esters is 3. The van der Waals surface area contributed by atoms with Crippen LogP contribution in [0.1, 0.15) is 252 Å². The van der Waals surface area contributed by atoms with Crippen molar-refractivity contribution in [1.29, 1.82) is 0 Å². The van der Waals surface area contributed by atoms with Crippen molar-refractivity contribution in [3.8, 4) is 0 Å². The van der Waals surface area contributed by atoms with Gasteiger partial charge in [0.1, 0.15) is 13.2 Å². The van der Waals surface area contributed by atoms with Crippen molar-refractivity contribution in [2.75, 3.05) is 13.2 Å². The third kappa shape index (κ3) is 53.2. The Morgan fingerprint density at radius 2 is 0.582 bits per heavy atom. The molecule has 0 radical (unpaired) electrons. The van der Waals surface area contributed by atoms with Crippen LogP contribution in [0.25, 0.3) is 0 Å². The van der Waals surface area contributed by atoms with Gasteiger partial charge in [-0.15, -0.1) is 0 Å². The zero-order valence-corrected chi connectivity index (χ0v) is 43.6. The molecule has 6 nitrogen and oxygen atoms in total. The number of carbonyl (C=O) groups excluding carboxylic acids is 3. The lowest BCUT2D eigenvalue weighted by Crippen LogP contribution is -2.30. The lowest BCUT2D eigenvalue weighted by molar-refractivity contribution is -0.167. The Bertz CT molecular complexity index is 1350. The van der Waals surface area contributed by atoms with Gasteiger partial charge in [-0.2, -0.15) is 0 Å². The number of unbranched alkanes of at least 4 members (excludes halogenated alkanes) is 22. The first-order chi connectivity index (χ1) is 33.0. The lowest BCUT2D eigenvalue weighted by Gasteiger charge is -2.18. The summed E-state index contributed by atoms with van der Waals surface area (Å²) in [6.07, 6.45) is 73.0. The highest BCUT2D eigenvalue weighted by atomic mass is 16.6. The van der Waals surface area contributed by atoms with Crippen LogP contribution in [0, 0.1) is 0 Å². The minimum absolute atomic E-state index is 0.0849. The van der Waals surface area contributed by atoms with E-state index in [1.165, 1.54) is 83.5 Å². The van der Waals surface area contributed by atoms with Gasteiger partial charge in [-0.1, -0.05) is 227 Å². The number of carbonyl (C=O) groups is 3. The highest BCUT2D eigenvalue weighted by molar-refractivity contribution is 5.71. The molecule has 6 heteroatoms. The Labute approximate surface area is 413 Å². The molecule has 0 aromatic rings. The van der Waals surface area contributed by atoms with Gasteiger partial charge in [0.2, 0.25) is 0 Å². The zero-order chi connectivity index (χ0) is 48.6. The van der Waals surface area contributed by atoms with Crippen LogP contribution < -0.4 is 0 Å². The summed E-state index contributed by atoms with van der Waals surface area (Å²) in [4.78, 5) is 37.7. The number of hydrogen-bond donors (Lipinski definition) is 0. The maximum atomic E-state index is 12.7. The average Bonchev–Trinajstić information content (AvgIpc) is 3.33. The monoisotopic (exact) mass is 931 g/mol. The molecule has 0 aliphatic heterocycles. The van der Waals surface area contributed by atoms with E-state index in [1.807, 2.05) is 0 Å². The van der Waals surface area contributed by atoms with E-state index in [0.29, 0.717) is 19.3 Å². The van der Waals surface area contributed by atoms with Crippen LogP contribution in [0.3, 0.4) is 0 Å². The molecule has 0 spiro atoms. The van der Waals surface area contributed by atoms with Gasteiger partial charge >= 0.3 is 17.9 Å². The number of hydrogen-bond acceptors (Lipinski definition) is 6. The van der Waals surface area contributed by atoms with Gasteiger partial charge in [-0.25, -0.2) is 0 Å². The number of ether oxygens (including phenoxy) is 3. The lowest BCUT2D eigenvalue weighted by atomic mass is 10.1. The van der Waals surface area contributed by atoms with Crippen molar-refractivity contribution >= 4 is 17.9 Å². The third-order valence-electron chi connectivity index (χ3n) is 11.6. The number of rotatable bonds is 49. The molecule has 382 valence electrons. The minimum Gasteiger partial charge on any atom is -0.462 e. The Morgan fingerprint density at radius 1 is 0.313 bits per heavy atom. The van der Waals surface area contributed by atoms with E-state index in [-0.39, 0.29) is 31.1 Å². The predicted molar refractivity (Wildman–Crippen MR) is 288 cm³/mol. The summed E-state index contributed by atoms with van der Waals surface area (Å²) in [7, 11) is 0. The van der Waals surface area contributed by atoms with E-state index in [1.54, 1.807) is 0 Å². The fourth-order valence-electron chi connectivity index (χ4n) is 7.42. The van der Waals surface area contributed by atoms with E-state index >= 15 is 0 Å². The number of allylic oxidation sites excluding steroid dienone is 16. The summed E-state index contributed by atoms with van der Waals surface area (Å²) in [5.41, 5.74) is 0. The topological polar surface area (TPSA) is 78.9 Å². The Morgan fingerprint density at radius 3 is 0.925 bits per heavy atom. The Balaban J connectivity index is 4.13. The SMILES string of the molecule is CC/C=C\C/C=C\C/C=C\C/C=C\C/C=C\C/C=C\C/C=C\CCCCCCCCCC(=O)OCC(COC(=O)CCCCCCC)OC(=O)CCCCCCC/C=C\CCCCCCCC. The molecule has 0 aromatic carbocycles.